The SMILES string of the molecule is C[C@@H]1CC2COCC1N2C(F)(F)C(F)(F)F. The zero-order valence-electron chi connectivity index (χ0n) is 8.60. The van der Waals surface area contributed by atoms with E-state index in [0.29, 0.717) is 11.3 Å². The van der Waals surface area contributed by atoms with E-state index in [0.717, 1.165) is 0 Å². The standard InChI is InChI=1S/C9H12F5NO/c1-5-2-6-3-16-4-7(5)15(6)9(13,14)8(10,11)12/h5-7H,2-4H2,1H3/t5-,6?,7?/m1/s1. The molecule has 2 aliphatic heterocycles. The summed E-state index contributed by atoms with van der Waals surface area (Å²) in [6.45, 7) is 1.58. The van der Waals surface area contributed by atoms with Crippen LogP contribution in [0.3, 0.4) is 0 Å². The van der Waals surface area contributed by atoms with Crippen molar-refractivity contribution in [1.82, 2.24) is 4.90 Å². The maximum atomic E-state index is 13.3. The van der Waals surface area contributed by atoms with Gasteiger partial charge in [-0.2, -0.15) is 22.0 Å². The minimum Gasteiger partial charge on any atom is -0.378 e. The lowest BCUT2D eigenvalue weighted by Gasteiger charge is -2.40. The maximum Gasteiger partial charge on any atom is 0.469 e. The Morgan fingerprint density at radius 3 is 2.25 bits per heavy atom. The van der Waals surface area contributed by atoms with Crippen molar-refractivity contribution in [2.45, 2.75) is 37.7 Å². The number of fused-ring (bicyclic) bond motifs is 2. The molecule has 3 atom stereocenters. The Morgan fingerprint density at radius 2 is 1.75 bits per heavy atom. The van der Waals surface area contributed by atoms with Gasteiger partial charge < -0.3 is 4.74 Å². The third kappa shape index (κ3) is 1.60. The van der Waals surface area contributed by atoms with Gasteiger partial charge in [-0.15, -0.1) is 0 Å². The predicted molar refractivity (Wildman–Crippen MR) is 45.0 cm³/mol. The minimum atomic E-state index is -5.52. The van der Waals surface area contributed by atoms with Crippen molar-refractivity contribution in [2.24, 2.45) is 5.92 Å². The van der Waals surface area contributed by atoms with Crippen LogP contribution in [0.15, 0.2) is 0 Å². The van der Waals surface area contributed by atoms with E-state index in [2.05, 4.69) is 0 Å². The Kier molecular flexibility index (Phi) is 2.66. The highest BCUT2D eigenvalue weighted by Crippen LogP contribution is 2.47. The molecule has 0 aliphatic carbocycles. The first kappa shape index (κ1) is 12.0. The Hall–Kier alpha value is -0.430. The van der Waals surface area contributed by atoms with Gasteiger partial charge in [-0.3, -0.25) is 0 Å². The molecular formula is C9H12F5NO. The van der Waals surface area contributed by atoms with Gasteiger partial charge >= 0.3 is 12.2 Å². The molecule has 0 aromatic heterocycles. The van der Waals surface area contributed by atoms with E-state index in [9.17, 15) is 22.0 Å². The lowest BCUT2D eigenvalue weighted by Crippen LogP contribution is -2.61. The lowest BCUT2D eigenvalue weighted by molar-refractivity contribution is -0.357. The quantitative estimate of drug-likeness (QED) is 0.519. The second-order valence-electron chi connectivity index (χ2n) is 4.42. The zero-order valence-corrected chi connectivity index (χ0v) is 8.60. The Bertz CT molecular complexity index is 280. The molecule has 0 amide bonds. The summed E-state index contributed by atoms with van der Waals surface area (Å²) >= 11 is 0. The fraction of sp³-hybridized carbons (Fsp3) is 1.00. The fourth-order valence-corrected chi connectivity index (χ4v) is 2.55. The van der Waals surface area contributed by atoms with Crippen LogP contribution in [0.4, 0.5) is 22.0 Å². The van der Waals surface area contributed by atoms with Crippen LogP contribution in [-0.2, 0) is 4.74 Å². The third-order valence-electron chi connectivity index (χ3n) is 3.32. The topological polar surface area (TPSA) is 12.5 Å². The molecule has 0 radical (unpaired) electrons. The predicted octanol–water partition coefficient (Wildman–Crippen LogP) is 2.25. The Labute approximate surface area is 89.3 Å². The van der Waals surface area contributed by atoms with E-state index in [1.54, 1.807) is 6.92 Å². The first-order chi connectivity index (χ1) is 7.25. The summed E-state index contributed by atoms with van der Waals surface area (Å²) in [6.07, 6.45) is -5.19. The highest BCUT2D eigenvalue weighted by Gasteiger charge is 2.67. The van der Waals surface area contributed by atoms with Gasteiger partial charge in [-0.05, 0) is 12.3 Å². The first-order valence-corrected chi connectivity index (χ1v) is 5.06. The van der Waals surface area contributed by atoms with Crippen molar-refractivity contribution in [2.75, 3.05) is 13.2 Å². The zero-order chi connectivity index (χ0) is 12.1. The number of halogens is 5. The molecule has 2 nitrogen and oxygen atoms in total. The van der Waals surface area contributed by atoms with Crippen LogP contribution in [0.5, 0.6) is 0 Å². The van der Waals surface area contributed by atoms with Crippen molar-refractivity contribution in [1.29, 1.82) is 0 Å². The largest absolute Gasteiger partial charge is 0.469 e. The Morgan fingerprint density at radius 1 is 1.12 bits per heavy atom. The molecule has 2 heterocycles. The van der Waals surface area contributed by atoms with Gasteiger partial charge in [0.15, 0.2) is 0 Å². The second-order valence-corrected chi connectivity index (χ2v) is 4.42. The third-order valence-corrected chi connectivity index (χ3v) is 3.32. The molecule has 7 heteroatoms. The molecule has 0 saturated carbocycles. The van der Waals surface area contributed by atoms with Gasteiger partial charge in [0.2, 0.25) is 0 Å². The van der Waals surface area contributed by atoms with E-state index >= 15 is 0 Å². The van der Waals surface area contributed by atoms with E-state index in [-0.39, 0.29) is 19.1 Å². The van der Waals surface area contributed by atoms with Crippen molar-refractivity contribution < 1.29 is 26.7 Å². The van der Waals surface area contributed by atoms with Gasteiger partial charge in [0, 0.05) is 12.1 Å². The number of hydrogen-bond donors (Lipinski definition) is 0. The van der Waals surface area contributed by atoms with E-state index in [1.807, 2.05) is 0 Å². The second kappa shape index (κ2) is 3.53. The molecule has 0 N–H and O–H groups in total. The molecule has 94 valence electrons. The highest BCUT2D eigenvalue weighted by molar-refractivity contribution is 4.99. The van der Waals surface area contributed by atoms with Gasteiger partial charge in [0.25, 0.3) is 0 Å². The molecular weight excluding hydrogens is 233 g/mol. The van der Waals surface area contributed by atoms with Gasteiger partial charge in [0.1, 0.15) is 0 Å². The first-order valence-electron chi connectivity index (χ1n) is 5.06. The molecule has 0 aromatic carbocycles. The number of rotatable bonds is 1. The maximum absolute atomic E-state index is 13.3. The molecule has 2 aliphatic rings. The lowest BCUT2D eigenvalue weighted by atomic mass is 10.0. The Balaban J connectivity index is 2.28. The van der Waals surface area contributed by atoms with E-state index < -0.39 is 24.3 Å². The van der Waals surface area contributed by atoms with Crippen LogP contribution in [0, 0.1) is 5.92 Å². The number of morpholine rings is 1. The van der Waals surface area contributed by atoms with Crippen molar-refractivity contribution in [3.63, 3.8) is 0 Å². The molecule has 2 fully saturated rings. The summed E-state index contributed by atoms with van der Waals surface area (Å²) in [6, 6.07) is -6.42. The number of ether oxygens (including phenoxy) is 1. The van der Waals surface area contributed by atoms with Crippen LogP contribution in [0.2, 0.25) is 0 Å². The highest BCUT2D eigenvalue weighted by atomic mass is 19.4. The average molecular weight is 245 g/mol. The van der Waals surface area contributed by atoms with Crippen LogP contribution in [0.1, 0.15) is 13.3 Å². The van der Waals surface area contributed by atoms with Crippen LogP contribution in [0.25, 0.3) is 0 Å². The summed E-state index contributed by atoms with van der Waals surface area (Å²) in [5.41, 5.74) is 0. The number of nitrogens with zero attached hydrogens (tertiary/aromatic N) is 1. The normalized spacial score (nSPS) is 36.8. The molecule has 16 heavy (non-hydrogen) atoms. The molecule has 2 bridgehead atoms. The van der Waals surface area contributed by atoms with Crippen LogP contribution >= 0.6 is 0 Å². The minimum absolute atomic E-state index is 0.0491. The fourth-order valence-electron chi connectivity index (χ4n) is 2.55. The molecule has 2 rings (SSSR count). The molecule has 2 unspecified atom stereocenters. The van der Waals surface area contributed by atoms with Crippen LogP contribution in [-0.4, -0.2) is 42.4 Å². The summed E-state index contributed by atoms with van der Waals surface area (Å²) in [5.74, 6) is -0.194. The van der Waals surface area contributed by atoms with Crippen molar-refractivity contribution in [3.8, 4) is 0 Å². The van der Waals surface area contributed by atoms with E-state index in [4.69, 9.17) is 4.74 Å². The monoisotopic (exact) mass is 245 g/mol. The number of alkyl halides is 5. The molecule has 0 aromatic rings. The number of hydrogen-bond acceptors (Lipinski definition) is 2. The van der Waals surface area contributed by atoms with Crippen molar-refractivity contribution in [3.05, 3.63) is 0 Å². The summed E-state index contributed by atoms with van der Waals surface area (Å²) in [5, 5.41) is 0. The van der Waals surface area contributed by atoms with Gasteiger partial charge in [0.05, 0.1) is 13.2 Å². The van der Waals surface area contributed by atoms with E-state index in [1.165, 1.54) is 0 Å². The van der Waals surface area contributed by atoms with Gasteiger partial charge in [-0.1, -0.05) is 6.92 Å². The van der Waals surface area contributed by atoms with Crippen LogP contribution < -0.4 is 0 Å². The molecule has 2 saturated heterocycles. The van der Waals surface area contributed by atoms with Gasteiger partial charge in [-0.25, -0.2) is 4.90 Å². The smallest absolute Gasteiger partial charge is 0.378 e. The summed E-state index contributed by atoms with van der Waals surface area (Å²) in [4.78, 5) is 0.293. The summed E-state index contributed by atoms with van der Waals surface area (Å²) < 4.78 is 68.4. The molecule has 0 spiro atoms. The average Bonchev–Trinajstić information content (AvgIpc) is 2.33. The van der Waals surface area contributed by atoms with Crippen molar-refractivity contribution >= 4 is 0 Å². The summed E-state index contributed by atoms with van der Waals surface area (Å²) in [7, 11) is 0.